The number of methoxy groups -OCH3 is 1. The lowest BCUT2D eigenvalue weighted by molar-refractivity contribution is -0.141. The Labute approximate surface area is 104 Å². The van der Waals surface area contributed by atoms with Crippen molar-refractivity contribution in [2.45, 2.75) is 19.0 Å². The Bertz CT molecular complexity index is 272. The van der Waals surface area contributed by atoms with Crippen LogP contribution in [-0.4, -0.2) is 56.9 Å². The van der Waals surface area contributed by atoms with Crippen molar-refractivity contribution in [2.24, 2.45) is 5.92 Å². The molecule has 106 valence electrons. The molecule has 0 aliphatic carbocycles. The van der Waals surface area contributed by atoms with Crippen LogP contribution in [0, 0.1) is 5.92 Å². The van der Waals surface area contributed by atoms with Gasteiger partial charge in [0.05, 0.1) is 12.5 Å². The molecule has 1 rings (SSSR count). The van der Waals surface area contributed by atoms with Gasteiger partial charge >= 0.3 is 6.18 Å². The number of carbonyl (C=O) groups is 1. The first-order chi connectivity index (χ1) is 8.42. The molecule has 1 aliphatic heterocycles. The minimum atomic E-state index is -4.35. The number of nitrogens with zero attached hydrogens (tertiary/aromatic N) is 1. The Hall–Kier alpha value is -0.820. The summed E-state index contributed by atoms with van der Waals surface area (Å²) in [5.74, 6) is -0.854. The van der Waals surface area contributed by atoms with Crippen LogP contribution >= 0.6 is 0 Å². The monoisotopic (exact) mass is 268 g/mol. The molecule has 1 fully saturated rings. The van der Waals surface area contributed by atoms with Gasteiger partial charge in [-0.1, -0.05) is 0 Å². The first-order valence-electron chi connectivity index (χ1n) is 5.98. The molecule has 7 heteroatoms. The summed E-state index contributed by atoms with van der Waals surface area (Å²) in [6, 6.07) is 0. The van der Waals surface area contributed by atoms with Crippen molar-refractivity contribution >= 4 is 5.91 Å². The second-order valence-electron chi connectivity index (χ2n) is 4.47. The number of halogens is 3. The van der Waals surface area contributed by atoms with Crippen molar-refractivity contribution in [3.8, 4) is 0 Å². The molecular formula is C11H19F3N2O2. The van der Waals surface area contributed by atoms with E-state index < -0.39 is 18.6 Å². The number of piperidine rings is 1. The second kappa shape index (κ2) is 6.94. The predicted molar refractivity (Wildman–Crippen MR) is 60.1 cm³/mol. The quantitative estimate of drug-likeness (QED) is 0.809. The van der Waals surface area contributed by atoms with Crippen molar-refractivity contribution in [2.75, 3.05) is 39.9 Å². The number of amides is 1. The zero-order valence-corrected chi connectivity index (χ0v) is 10.4. The highest BCUT2D eigenvalue weighted by atomic mass is 19.4. The number of carbonyl (C=O) groups excluding carboxylic acids is 1. The van der Waals surface area contributed by atoms with Crippen molar-refractivity contribution in [3.05, 3.63) is 0 Å². The van der Waals surface area contributed by atoms with E-state index in [1.54, 1.807) is 7.11 Å². The molecule has 1 aliphatic rings. The Kier molecular flexibility index (Phi) is 5.87. The van der Waals surface area contributed by atoms with Gasteiger partial charge in [0.15, 0.2) is 0 Å². The van der Waals surface area contributed by atoms with E-state index in [2.05, 4.69) is 0 Å². The van der Waals surface area contributed by atoms with Gasteiger partial charge in [-0.05, 0) is 19.4 Å². The number of alkyl halides is 3. The molecule has 0 radical (unpaired) electrons. The van der Waals surface area contributed by atoms with Gasteiger partial charge < -0.3 is 15.0 Å². The van der Waals surface area contributed by atoms with Crippen molar-refractivity contribution in [1.29, 1.82) is 0 Å². The van der Waals surface area contributed by atoms with E-state index in [1.807, 2.05) is 10.2 Å². The van der Waals surface area contributed by atoms with Crippen LogP contribution in [0.5, 0.6) is 0 Å². The minimum absolute atomic E-state index is 0.349. The van der Waals surface area contributed by atoms with Crippen molar-refractivity contribution < 1.29 is 22.7 Å². The molecule has 0 unspecified atom stereocenters. The Balaban J connectivity index is 2.34. The highest BCUT2D eigenvalue weighted by molar-refractivity contribution is 5.79. The molecule has 0 aromatic carbocycles. The Morgan fingerprint density at radius 1 is 1.50 bits per heavy atom. The summed E-state index contributed by atoms with van der Waals surface area (Å²) in [6.45, 7) is 1.40. The zero-order chi connectivity index (χ0) is 13.6. The van der Waals surface area contributed by atoms with Crippen LogP contribution in [0.3, 0.4) is 0 Å². The normalized spacial score (nSPS) is 21.9. The van der Waals surface area contributed by atoms with Crippen LogP contribution in [0.4, 0.5) is 13.2 Å². The van der Waals surface area contributed by atoms with Crippen LogP contribution < -0.4 is 5.32 Å². The number of likely N-dealkylation sites (tertiary alicyclic amines) is 1. The standard InChI is InChI=1S/C11H19F3N2O2/c1-18-6-5-16-4-2-3-9(7-16)10(17)15-8-11(12,13)14/h9H,2-8H2,1H3,(H,15,17)/t9-/m1/s1. The molecule has 18 heavy (non-hydrogen) atoms. The summed E-state index contributed by atoms with van der Waals surface area (Å²) in [4.78, 5) is 13.6. The van der Waals surface area contributed by atoms with Crippen LogP contribution in [0.1, 0.15) is 12.8 Å². The zero-order valence-electron chi connectivity index (χ0n) is 10.4. The molecular weight excluding hydrogens is 249 g/mol. The second-order valence-corrected chi connectivity index (χ2v) is 4.47. The van der Waals surface area contributed by atoms with E-state index in [0.29, 0.717) is 26.1 Å². The van der Waals surface area contributed by atoms with Gasteiger partial charge in [-0.3, -0.25) is 4.79 Å². The highest BCUT2D eigenvalue weighted by Crippen LogP contribution is 2.17. The highest BCUT2D eigenvalue weighted by Gasteiger charge is 2.31. The first-order valence-corrected chi connectivity index (χ1v) is 5.98. The number of hydrogen-bond acceptors (Lipinski definition) is 3. The third-order valence-corrected chi connectivity index (χ3v) is 2.95. The van der Waals surface area contributed by atoms with Gasteiger partial charge in [-0.15, -0.1) is 0 Å². The fraction of sp³-hybridized carbons (Fsp3) is 0.909. The van der Waals surface area contributed by atoms with Gasteiger partial charge in [0.2, 0.25) is 5.91 Å². The molecule has 1 amide bonds. The Morgan fingerprint density at radius 3 is 2.83 bits per heavy atom. The Morgan fingerprint density at radius 2 is 2.22 bits per heavy atom. The van der Waals surface area contributed by atoms with E-state index in [-0.39, 0.29) is 5.92 Å². The van der Waals surface area contributed by atoms with E-state index in [1.165, 1.54) is 0 Å². The summed E-state index contributed by atoms with van der Waals surface area (Å²) < 4.78 is 40.9. The summed E-state index contributed by atoms with van der Waals surface area (Å²) in [7, 11) is 1.59. The summed E-state index contributed by atoms with van der Waals surface area (Å²) >= 11 is 0. The summed E-state index contributed by atoms with van der Waals surface area (Å²) in [5, 5.41) is 1.95. The lowest BCUT2D eigenvalue weighted by atomic mass is 9.97. The maximum absolute atomic E-state index is 12.0. The van der Waals surface area contributed by atoms with E-state index in [9.17, 15) is 18.0 Å². The fourth-order valence-corrected chi connectivity index (χ4v) is 2.02. The largest absolute Gasteiger partial charge is 0.405 e. The van der Waals surface area contributed by atoms with Gasteiger partial charge in [-0.2, -0.15) is 13.2 Å². The van der Waals surface area contributed by atoms with Crippen LogP contribution in [0.2, 0.25) is 0 Å². The van der Waals surface area contributed by atoms with E-state index in [4.69, 9.17) is 4.74 Å². The van der Waals surface area contributed by atoms with Gasteiger partial charge in [0.1, 0.15) is 6.54 Å². The average molecular weight is 268 g/mol. The number of rotatable bonds is 5. The summed E-state index contributed by atoms with van der Waals surface area (Å²) in [6.07, 6.45) is -2.87. The number of ether oxygens (including phenoxy) is 1. The van der Waals surface area contributed by atoms with Crippen LogP contribution in [0.15, 0.2) is 0 Å². The molecule has 4 nitrogen and oxygen atoms in total. The third kappa shape index (κ3) is 5.68. The topological polar surface area (TPSA) is 41.6 Å². The van der Waals surface area contributed by atoms with Crippen LogP contribution in [-0.2, 0) is 9.53 Å². The lowest BCUT2D eigenvalue weighted by Crippen LogP contribution is -2.45. The molecule has 0 aromatic rings. The van der Waals surface area contributed by atoms with Crippen molar-refractivity contribution in [3.63, 3.8) is 0 Å². The first kappa shape index (κ1) is 15.2. The third-order valence-electron chi connectivity index (χ3n) is 2.95. The molecule has 0 bridgehead atoms. The van der Waals surface area contributed by atoms with Gasteiger partial charge in [-0.25, -0.2) is 0 Å². The number of nitrogens with one attached hydrogen (secondary N) is 1. The van der Waals surface area contributed by atoms with Crippen molar-refractivity contribution in [1.82, 2.24) is 10.2 Å². The van der Waals surface area contributed by atoms with E-state index >= 15 is 0 Å². The van der Waals surface area contributed by atoms with Gasteiger partial charge in [0, 0.05) is 20.2 Å². The maximum atomic E-state index is 12.0. The molecule has 1 N–H and O–H groups in total. The smallest absolute Gasteiger partial charge is 0.383 e. The lowest BCUT2D eigenvalue weighted by Gasteiger charge is -2.31. The SMILES string of the molecule is COCCN1CCC[C@@H](C(=O)NCC(F)(F)F)C1. The van der Waals surface area contributed by atoms with Crippen LogP contribution in [0.25, 0.3) is 0 Å². The molecule has 0 aromatic heterocycles. The average Bonchev–Trinajstić information content (AvgIpc) is 2.33. The maximum Gasteiger partial charge on any atom is 0.405 e. The van der Waals surface area contributed by atoms with E-state index in [0.717, 1.165) is 13.0 Å². The molecule has 0 spiro atoms. The fourth-order valence-electron chi connectivity index (χ4n) is 2.02. The minimum Gasteiger partial charge on any atom is -0.383 e. The molecule has 1 saturated heterocycles. The number of hydrogen-bond donors (Lipinski definition) is 1. The summed E-state index contributed by atoms with van der Waals surface area (Å²) in [5.41, 5.74) is 0. The molecule has 1 heterocycles. The molecule has 0 saturated carbocycles. The van der Waals surface area contributed by atoms with Gasteiger partial charge in [0.25, 0.3) is 0 Å². The molecule has 1 atom stereocenters. The predicted octanol–water partition coefficient (Wildman–Crippen LogP) is 1.02.